The van der Waals surface area contributed by atoms with Gasteiger partial charge in [0.25, 0.3) is 0 Å². The monoisotopic (exact) mass is 401 g/mol. The van der Waals surface area contributed by atoms with Gasteiger partial charge in [0, 0.05) is 31.4 Å². The summed E-state index contributed by atoms with van der Waals surface area (Å²) in [6.45, 7) is 7.49. The van der Waals surface area contributed by atoms with Crippen molar-refractivity contribution < 1.29 is 4.74 Å². The molecule has 4 nitrogen and oxygen atoms in total. The van der Waals surface area contributed by atoms with Crippen molar-refractivity contribution in [2.75, 3.05) is 51.3 Å². The SMILES string of the molecule is COc1ccc(N2CCC(N3CCC4(CCNCC4)C3)CC2)cc1.Cl.Cl. The lowest BCUT2D eigenvalue weighted by atomic mass is 9.78. The summed E-state index contributed by atoms with van der Waals surface area (Å²) in [6.07, 6.45) is 6.80. The Hall–Kier alpha value is -0.680. The highest BCUT2D eigenvalue weighted by Crippen LogP contribution is 2.40. The number of anilines is 1. The van der Waals surface area contributed by atoms with Crippen LogP contribution in [0.1, 0.15) is 32.1 Å². The molecule has 0 saturated carbocycles. The van der Waals surface area contributed by atoms with Crippen molar-refractivity contribution in [2.24, 2.45) is 5.41 Å². The molecular weight excluding hydrogens is 369 g/mol. The Labute approximate surface area is 170 Å². The number of piperidine rings is 2. The molecule has 3 saturated heterocycles. The predicted octanol–water partition coefficient (Wildman–Crippen LogP) is 3.58. The maximum Gasteiger partial charge on any atom is 0.119 e. The summed E-state index contributed by atoms with van der Waals surface area (Å²) < 4.78 is 5.27. The minimum absolute atomic E-state index is 0. The molecule has 3 aliphatic rings. The van der Waals surface area contributed by atoms with Gasteiger partial charge in [0.15, 0.2) is 0 Å². The highest BCUT2D eigenvalue weighted by molar-refractivity contribution is 5.85. The van der Waals surface area contributed by atoms with Crippen LogP contribution in [0.15, 0.2) is 24.3 Å². The van der Waals surface area contributed by atoms with Crippen molar-refractivity contribution in [1.29, 1.82) is 0 Å². The van der Waals surface area contributed by atoms with Gasteiger partial charge in [-0.1, -0.05) is 0 Å². The third-order valence-corrected chi connectivity index (χ3v) is 6.55. The zero-order chi connectivity index (χ0) is 16.4. The summed E-state index contributed by atoms with van der Waals surface area (Å²) in [5.41, 5.74) is 1.98. The number of hydrogen-bond donors (Lipinski definition) is 1. The fraction of sp³-hybridized carbons (Fsp3) is 0.700. The van der Waals surface area contributed by atoms with Crippen LogP contribution in [0.5, 0.6) is 5.75 Å². The molecular formula is C20H33Cl2N3O. The number of likely N-dealkylation sites (tertiary alicyclic amines) is 1. The summed E-state index contributed by atoms with van der Waals surface area (Å²) in [7, 11) is 1.73. The molecule has 0 bridgehead atoms. The van der Waals surface area contributed by atoms with Crippen LogP contribution in [-0.4, -0.2) is 57.3 Å². The molecule has 0 atom stereocenters. The molecule has 0 amide bonds. The van der Waals surface area contributed by atoms with Crippen molar-refractivity contribution in [3.05, 3.63) is 24.3 Å². The second-order valence-corrected chi connectivity index (χ2v) is 7.89. The number of rotatable bonds is 3. The van der Waals surface area contributed by atoms with E-state index in [-0.39, 0.29) is 24.8 Å². The number of nitrogens with one attached hydrogen (secondary N) is 1. The van der Waals surface area contributed by atoms with Gasteiger partial charge in [0.05, 0.1) is 7.11 Å². The number of nitrogens with zero attached hydrogens (tertiary/aromatic N) is 2. The van der Waals surface area contributed by atoms with Gasteiger partial charge in [-0.25, -0.2) is 0 Å². The first kappa shape index (κ1) is 21.6. The van der Waals surface area contributed by atoms with Gasteiger partial charge in [0.2, 0.25) is 0 Å². The predicted molar refractivity (Wildman–Crippen MR) is 113 cm³/mol. The van der Waals surface area contributed by atoms with Gasteiger partial charge in [-0.2, -0.15) is 0 Å². The molecule has 0 aromatic heterocycles. The van der Waals surface area contributed by atoms with E-state index < -0.39 is 0 Å². The molecule has 1 aromatic carbocycles. The normalized spacial score (nSPS) is 23.3. The summed E-state index contributed by atoms with van der Waals surface area (Å²) in [6, 6.07) is 9.33. The van der Waals surface area contributed by atoms with Gasteiger partial charge >= 0.3 is 0 Å². The van der Waals surface area contributed by atoms with E-state index in [4.69, 9.17) is 4.74 Å². The third kappa shape index (κ3) is 4.59. The van der Waals surface area contributed by atoms with Crippen LogP contribution in [0.25, 0.3) is 0 Å². The van der Waals surface area contributed by atoms with E-state index in [1.165, 1.54) is 77.1 Å². The Balaban J connectivity index is 0.00000121. The van der Waals surface area contributed by atoms with Crippen molar-refractivity contribution in [2.45, 2.75) is 38.1 Å². The lowest BCUT2D eigenvalue weighted by molar-refractivity contribution is 0.154. The summed E-state index contributed by atoms with van der Waals surface area (Å²) >= 11 is 0. The van der Waals surface area contributed by atoms with Crippen molar-refractivity contribution in [1.82, 2.24) is 10.2 Å². The smallest absolute Gasteiger partial charge is 0.119 e. The number of hydrogen-bond acceptors (Lipinski definition) is 4. The van der Waals surface area contributed by atoms with E-state index in [9.17, 15) is 0 Å². The van der Waals surface area contributed by atoms with Gasteiger partial charge in [0.1, 0.15) is 5.75 Å². The largest absolute Gasteiger partial charge is 0.497 e. The van der Waals surface area contributed by atoms with E-state index in [0.29, 0.717) is 5.41 Å². The fourth-order valence-electron chi connectivity index (χ4n) is 4.93. The Kier molecular flexibility index (Phi) is 7.90. The standard InChI is InChI=1S/C20H31N3O.2ClH/c1-24-19-4-2-17(3-5-19)22-13-6-18(7-14-22)23-15-10-20(16-23)8-11-21-12-9-20;;/h2-5,18,21H,6-16H2,1H3;2*1H. The number of benzene rings is 1. The Morgan fingerprint density at radius 1 is 0.962 bits per heavy atom. The van der Waals surface area contributed by atoms with E-state index >= 15 is 0 Å². The molecule has 6 heteroatoms. The molecule has 3 fully saturated rings. The van der Waals surface area contributed by atoms with Gasteiger partial charge in [-0.05, 0) is 81.4 Å². The average molecular weight is 402 g/mol. The molecule has 1 aromatic rings. The molecule has 4 rings (SSSR count). The highest BCUT2D eigenvalue weighted by Gasteiger charge is 2.41. The van der Waals surface area contributed by atoms with E-state index in [2.05, 4.69) is 39.4 Å². The average Bonchev–Trinajstić information content (AvgIpc) is 3.06. The van der Waals surface area contributed by atoms with Gasteiger partial charge < -0.3 is 15.0 Å². The van der Waals surface area contributed by atoms with Crippen LogP contribution in [-0.2, 0) is 0 Å². The first-order chi connectivity index (χ1) is 11.8. The second kappa shape index (κ2) is 9.50. The number of ether oxygens (including phenoxy) is 1. The van der Waals surface area contributed by atoms with Crippen LogP contribution in [0, 0.1) is 5.41 Å². The van der Waals surface area contributed by atoms with Crippen LogP contribution in [0.2, 0.25) is 0 Å². The number of methoxy groups -OCH3 is 1. The molecule has 148 valence electrons. The van der Waals surface area contributed by atoms with E-state index in [0.717, 1.165) is 11.8 Å². The summed E-state index contributed by atoms with van der Waals surface area (Å²) in [4.78, 5) is 5.35. The maximum atomic E-state index is 5.27. The van der Waals surface area contributed by atoms with Gasteiger partial charge in [-0.3, -0.25) is 4.90 Å². The number of halogens is 2. The van der Waals surface area contributed by atoms with Gasteiger partial charge in [-0.15, -0.1) is 24.8 Å². The Morgan fingerprint density at radius 3 is 2.23 bits per heavy atom. The third-order valence-electron chi connectivity index (χ3n) is 6.55. The zero-order valence-corrected chi connectivity index (χ0v) is 17.4. The molecule has 1 N–H and O–H groups in total. The molecule has 3 heterocycles. The van der Waals surface area contributed by atoms with E-state index in [1.54, 1.807) is 7.11 Å². The molecule has 1 spiro atoms. The molecule has 0 radical (unpaired) electrons. The summed E-state index contributed by atoms with van der Waals surface area (Å²) in [5.74, 6) is 0.943. The molecule has 0 unspecified atom stereocenters. The minimum Gasteiger partial charge on any atom is -0.497 e. The second-order valence-electron chi connectivity index (χ2n) is 7.89. The first-order valence-corrected chi connectivity index (χ1v) is 9.62. The molecule has 3 aliphatic heterocycles. The van der Waals surface area contributed by atoms with E-state index in [1.807, 2.05) is 0 Å². The fourth-order valence-corrected chi connectivity index (χ4v) is 4.93. The topological polar surface area (TPSA) is 27.7 Å². The lowest BCUT2D eigenvalue weighted by Crippen LogP contribution is -2.46. The lowest BCUT2D eigenvalue weighted by Gasteiger charge is -2.39. The van der Waals surface area contributed by atoms with Crippen molar-refractivity contribution in [3.8, 4) is 5.75 Å². The van der Waals surface area contributed by atoms with Crippen molar-refractivity contribution in [3.63, 3.8) is 0 Å². The Morgan fingerprint density at radius 2 is 1.62 bits per heavy atom. The Bertz CT molecular complexity index is 540. The quantitative estimate of drug-likeness (QED) is 0.837. The minimum atomic E-state index is 0. The van der Waals surface area contributed by atoms with Crippen LogP contribution < -0.4 is 15.0 Å². The van der Waals surface area contributed by atoms with Crippen LogP contribution in [0.3, 0.4) is 0 Å². The van der Waals surface area contributed by atoms with Crippen LogP contribution >= 0.6 is 24.8 Å². The first-order valence-electron chi connectivity index (χ1n) is 9.62. The molecule has 0 aliphatic carbocycles. The zero-order valence-electron chi connectivity index (χ0n) is 15.8. The highest BCUT2D eigenvalue weighted by atomic mass is 35.5. The summed E-state index contributed by atoms with van der Waals surface area (Å²) in [5, 5.41) is 3.53. The molecule has 26 heavy (non-hydrogen) atoms. The van der Waals surface area contributed by atoms with Crippen molar-refractivity contribution >= 4 is 30.5 Å². The maximum absolute atomic E-state index is 5.27. The van der Waals surface area contributed by atoms with Crippen LogP contribution in [0.4, 0.5) is 5.69 Å².